The summed E-state index contributed by atoms with van der Waals surface area (Å²) in [5, 5.41) is 0. The maximum Gasteiger partial charge on any atom is 0.231 e. The molecular weight excluding hydrogens is 180 g/mol. The van der Waals surface area contributed by atoms with Gasteiger partial charge in [-0.15, -0.1) is 0 Å². The molecule has 0 spiro atoms. The number of hydrogen-bond acceptors (Lipinski definition) is 3. The summed E-state index contributed by atoms with van der Waals surface area (Å²) in [4.78, 5) is 0. The first kappa shape index (κ1) is 9.34. The first-order chi connectivity index (χ1) is 6.85. The number of fused-ring (bicyclic) bond motifs is 1. The Labute approximate surface area is 83.6 Å². The lowest BCUT2D eigenvalue weighted by molar-refractivity contribution is 0.0998. The highest BCUT2D eigenvalue weighted by molar-refractivity contribution is 5.45. The second-order valence-electron chi connectivity index (χ2n) is 3.25. The smallest absolute Gasteiger partial charge is 0.231 e. The minimum atomic E-state index is 0.143. The molecule has 0 radical (unpaired) electrons. The van der Waals surface area contributed by atoms with Crippen LogP contribution in [0.1, 0.15) is 25.0 Å². The number of rotatable bonds is 3. The van der Waals surface area contributed by atoms with E-state index in [2.05, 4.69) is 6.92 Å². The van der Waals surface area contributed by atoms with E-state index in [1.807, 2.05) is 18.2 Å². The predicted octanol–water partition coefficient (Wildman–Crippen LogP) is 2.51. The molecule has 2 rings (SSSR count). The minimum Gasteiger partial charge on any atom is -0.454 e. The molecule has 1 aromatic rings. The van der Waals surface area contributed by atoms with Crippen LogP contribution in [0.15, 0.2) is 18.2 Å². The lowest BCUT2D eigenvalue weighted by Crippen LogP contribution is -1.99. The summed E-state index contributed by atoms with van der Waals surface area (Å²) in [7, 11) is 1.72. The van der Waals surface area contributed by atoms with Crippen molar-refractivity contribution < 1.29 is 14.2 Å². The van der Waals surface area contributed by atoms with Gasteiger partial charge in [-0.1, -0.05) is 13.0 Å². The van der Waals surface area contributed by atoms with Gasteiger partial charge in [-0.25, -0.2) is 0 Å². The van der Waals surface area contributed by atoms with Gasteiger partial charge in [0.2, 0.25) is 6.79 Å². The normalized spacial score (nSPS) is 15.6. The molecule has 0 bridgehead atoms. The lowest BCUT2D eigenvalue weighted by Gasteiger charge is -2.13. The van der Waals surface area contributed by atoms with E-state index in [0.717, 1.165) is 23.5 Å². The van der Waals surface area contributed by atoms with Crippen LogP contribution in [-0.4, -0.2) is 13.9 Å². The molecule has 0 unspecified atom stereocenters. The van der Waals surface area contributed by atoms with E-state index in [0.29, 0.717) is 6.79 Å². The van der Waals surface area contributed by atoms with E-state index in [-0.39, 0.29) is 6.10 Å². The van der Waals surface area contributed by atoms with E-state index < -0.39 is 0 Å². The molecule has 3 nitrogen and oxygen atoms in total. The Bertz CT molecular complexity index is 318. The van der Waals surface area contributed by atoms with E-state index in [1.54, 1.807) is 7.11 Å². The summed E-state index contributed by atoms with van der Waals surface area (Å²) >= 11 is 0. The Morgan fingerprint density at radius 2 is 2.14 bits per heavy atom. The van der Waals surface area contributed by atoms with Crippen molar-refractivity contribution in [1.29, 1.82) is 0 Å². The summed E-state index contributed by atoms with van der Waals surface area (Å²) in [5.41, 5.74) is 1.14. The Balaban J connectivity index is 2.27. The van der Waals surface area contributed by atoms with Crippen molar-refractivity contribution in [2.75, 3.05) is 13.9 Å². The monoisotopic (exact) mass is 194 g/mol. The zero-order valence-corrected chi connectivity index (χ0v) is 8.45. The maximum atomic E-state index is 5.35. The van der Waals surface area contributed by atoms with Gasteiger partial charge in [-0.05, 0) is 24.1 Å². The molecule has 0 aliphatic carbocycles. The molecule has 0 fully saturated rings. The van der Waals surface area contributed by atoms with Crippen LogP contribution < -0.4 is 9.47 Å². The van der Waals surface area contributed by atoms with Crippen LogP contribution in [0.25, 0.3) is 0 Å². The molecule has 0 aromatic heterocycles. The fourth-order valence-electron chi connectivity index (χ4n) is 1.65. The molecule has 1 aromatic carbocycles. The third-order valence-electron chi connectivity index (χ3n) is 2.42. The Morgan fingerprint density at radius 1 is 1.36 bits per heavy atom. The van der Waals surface area contributed by atoms with Gasteiger partial charge in [-0.2, -0.15) is 0 Å². The van der Waals surface area contributed by atoms with Crippen LogP contribution in [-0.2, 0) is 4.74 Å². The van der Waals surface area contributed by atoms with Crippen LogP contribution in [0.3, 0.4) is 0 Å². The molecule has 0 amide bonds. The molecule has 3 heteroatoms. The average Bonchev–Trinajstić information content (AvgIpc) is 2.66. The number of benzene rings is 1. The van der Waals surface area contributed by atoms with Gasteiger partial charge in [0.25, 0.3) is 0 Å². The van der Waals surface area contributed by atoms with Crippen molar-refractivity contribution in [3.63, 3.8) is 0 Å². The van der Waals surface area contributed by atoms with Crippen molar-refractivity contribution in [3.05, 3.63) is 23.8 Å². The van der Waals surface area contributed by atoms with Crippen LogP contribution in [0.5, 0.6) is 11.5 Å². The van der Waals surface area contributed by atoms with E-state index in [1.165, 1.54) is 0 Å². The van der Waals surface area contributed by atoms with Crippen LogP contribution >= 0.6 is 0 Å². The SMILES string of the molecule is CC[C@H](OC)c1ccc2c(c1)OCO2. The Kier molecular flexibility index (Phi) is 2.59. The van der Waals surface area contributed by atoms with Crippen LogP contribution in [0.2, 0.25) is 0 Å². The predicted molar refractivity (Wildman–Crippen MR) is 52.6 cm³/mol. The van der Waals surface area contributed by atoms with E-state index in [9.17, 15) is 0 Å². The topological polar surface area (TPSA) is 27.7 Å². The second kappa shape index (κ2) is 3.88. The van der Waals surface area contributed by atoms with Crippen molar-refractivity contribution >= 4 is 0 Å². The second-order valence-corrected chi connectivity index (χ2v) is 3.25. The summed E-state index contributed by atoms with van der Waals surface area (Å²) in [6.07, 6.45) is 1.10. The largest absolute Gasteiger partial charge is 0.454 e. The highest BCUT2D eigenvalue weighted by Crippen LogP contribution is 2.35. The van der Waals surface area contributed by atoms with Crippen molar-refractivity contribution in [3.8, 4) is 11.5 Å². The summed E-state index contributed by atoms with van der Waals surface area (Å²) in [5.74, 6) is 1.64. The summed E-state index contributed by atoms with van der Waals surface area (Å²) < 4.78 is 15.9. The highest BCUT2D eigenvalue weighted by atomic mass is 16.7. The highest BCUT2D eigenvalue weighted by Gasteiger charge is 2.16. The van der Waals surface area contributed by atoms with E-state index in [4.69, 9.17) is 14.2 Å². The minimum absolute atomic E-state index is 0.143. The molecule has 76 valence electrons. The van der Waals surface area contributed by atoms with Crippen LogP contribution in [0.4, 0.5) is 0 Å². The standard InChI is InChI=1S/C11H14O3/c1-3-9(12-2)8-4-5-10-11(6-8)14-7-13-10/h4-6,9H,3,7H2,1-2H3/t9-/m0/s1. The molecule has 1 aliphatic rings. The molecule has 14 heavy (non-hydrogen) atoms. The van der Waals surface area contributed by atoms with Gasteiger partial charge in [0, 0.05) is 7.11 Å². The molecule has 0 saturated heterocycles. The lowest BCUT2D eigenvalue weighted by atomic mass is 10.1. The zero-order chi connectivity index (χ0) is 9.97. The molecule has 0 N–H and O–H groups in total. The fourth-order valence-corrected chi connectivity index (χ4v) is 1.65. The fraction of sp³-hybridized carbons (Fsp3) is 0.455. The average molecular weight is 194 g/mol. The van der Waals surface area contributed by atoms with Gasteiger partial charge in [-0.3, -0.25) is 0 Å². The van der Waals surface area contributed by atoms with Gasteiger partial charge in [0.05, 0.1) is 6.10 Å². The number of methoxy groups -OCH3 is 1. The molecular formula is C11H14O3. The molecule has 1 atom stereocenters. The Morgan fingerprint density at radius 3 is 2.86 bits per heavy atom. The van der Waals surface area contributed by atoms with Crippen molar-refractivity contribution in [2.45, 2.75) is 19.4 Å². The van der Waals surface area contributed by atoms with Gasteiger partial charge >= 0.3 is 0 Å². The van der Waals surface area contributed by atoms with E-state index >= 15 is 0 Å². The van der Waals surface area contributed by atoms with Crippen LogP contribution in [0, 0.1) is 0 Å². The van der Waals surface area contributed by atoms with Gasteiger partial charge in [0.1, 0.15) is 0 Å². The van der Waals surface area contributed by atoms with Crippen molar-refractivity contribution in [1.82, 2.24) is 0 Å². The molecule has 0 saturated carbocycles. The maximum absolute atomic E-state index is 5.35. The first-order valence-corrected chi connectivity index (χ1v) is 4.77. The molecule has 1 aliphatic heterocycles. The van der Waals surface area contributed by atoms with Crippen molar-refractivity contribution in [2.24, 2.45) is 0 Å². The van der Waals surface area contributed by atoms with Gasteiger partial charge in [0.15, 0.2) is 11.5 Å². The summed E-state index contributed by atoms with van der Waals surface area (Å²) in [6, 6.07) is 5.94. The third kappa shape index (κ3) is 1.55. The molecule has 1 heterocycles. The number of ether oxygens (including phenoxy) is 3. The first-order valence-electron chi connectivity index (χ1n) is 4.77. The quantitative estimate of drug-likeness (QED) is 0.740. The third-order valence-corrected chi connectivity index (χ3v) is 2.42. The zero-order valence-electron chi connectivity index (χ0n) is 8.45. The number of hydrogen-bond donors (Lipinski definition) is 0. The Hall–Kier alpha value is -1.22. The van der Waals surface area contributed by atoms with Gasteiger partial charge < -0.3 is 14.2 Å². The summed E-state index contributed by atoms with van der Waals surface area (Å²) in [6.45, 7) is 2.42.